The summed E-state index contributed by atoms with van der Waals surface area (Å²) in [5, 5.41) is 0.933. The van der Waals surface area contributed by atoms with E-state index in [0.717, 1.165) is 16.9 Å². The van der Waals surface area contributed by atoms with E-state index in [1.807, 2.05) is 0 Å². The van der Waals surface area contributed by atoms with E-state index < -0.39 is 0 Å². The molecule has 2 aliphatic heterocycles. The van der Waals surface area contributed by atoms with Gasteiger partial charge in [-0.3, -0.25) is 0 Å². The molecule has 0 spiro atoms. The Balaban J connectivity index is 2.03. The molecule has 2 atom stereocenters. The van der Waals surface area contributed by atoms with Gasteiger partial charge in [-0.2, -0.15) is 23.5 Å². The van der Waals surface area contributed by atoms with Crippen LogP contribution >= 0.6 is 23.5 Å². The second-order valence-corrected chi connectivity index (χ2v) is 5.13. The van der Waals surface area contributed by atoms with Gasteiger partial charge in [-0.1, -0.05) is 6.08 Å². The SMILES string of the molecule is [C]1=CC2CSCCC2SC1. The topological polar surface area (TPSA) is 0 Å². The molecular weight excluding hydrogens is 160 g/mol. The van der Waals surface area contributed by atoms with E-state index in [0.29, 0.717) is 0 Å². The van der Waals surface area contributed by atoms with Crippen molar-refractivity contribution in [2.45, 2.75) is 11.7 Å². The normalized spacial score (nSPS) is 39.2. The Bertz CT molecular complexity index is 142. The fourth-order valence-electron chi connectivity index (χ4n) is 1.46. The lowest BCUT2D eigenvalue weighted by atomic mass is 10.0. The summed E-state index contributed by atoms with van der Waals surface area (Å²) in [5.41, 5.74) is 0. The molecule has 2 heterocycles. The Morgan fingerprint density at radius 2 is 2.50 bits per heavy atom. The molecule has 1 fully saturated rings. The van der Waals surface area contributed by atoms with Crippen molar-refractivity contribution < 1.29 is 0 Å². The summed E-state index contributed by atoms with van der Waals surface area (Å²) in [7, 11) is 0. The highest BCUT2D eigenvalue weighted by molar-refractivity contribution is 8.01. The van der Waals surface area contributed by atoms with Crippen LogP contribution in [0.1, 0.15) is 6.42 Å². The number of thioether (sulfide) groups is 2. The number of hydrogen-bond donors (Lipinski definition) is 0. The van der Waals surface area contributed by atoms with Gasteiger partial charge in [0, 0.05) is 16.8 Å². The van der Waals surface area contributed by atoms with Gasteiger partial charge in [-0.05, 0) is 24.2 Å². The molecule has 2 unspecified atom stereocenters. The first-order chi connectivity index (χ1) is 4.97. The van der Waals surface area contributed by atoms with Gasteiger partial charge in [-0.15, -0.1) is 0 Å². The van der Waals surface area contributed by atoms with Crippen LogP contribution in [0.15, 0.2) is 6.08 Å². The van der Waals surface area contributed by atoms with Crippen LogP contribution in [0, 0.1) is 12.0 Å². The Labute approximate surface area is 70.8 Å². The molecular formula is C8H11S2. The Morgan fingerprint density at radius 1 is 1.50 bits per heavy atom. The molecule has 1 saturated heterocycles. The summed E-state index contributed by atoms with van der Waals surface area (Å²) in [4.78, 5) is 0. The average molecular weight is 171 g/mol. The van der Waals surface area contributed by atoms with E-state index in [4.69, 9.17) is 0 Å². The van der Waals surface area contributed by atoms with E-state index in [-0.39, 0.29) is 0 Å². The molecule has 0 N–H and O–H groups in total. The monoisotopic (exact) mass is 171 g/mol. The van der Waals surface area contributed by atoms with Gasteiger partial charge in [0.25, 0.3) is 0 Å². The van der Waals surface area contributed by atoms with E-state index in [1.165, 1.54) is 17.9 Å². The molecule has 0 bridgehead atoms. The third-order valence-electron chi connectivity index (χ3n) is 2.05. The van der Waals surface area contributed by atoms with Crippen LogP contribution in [-0.2, 0) is 0 Å². The first-order valence-electron chi connectivity index (χ1n) is 3.73. The maximum atomic E-state index is 3.31. The zero-order valence-electron chi connectivity index (χ0n) is 5.88. The van der Waals surface area contributed by atoms with E-state index in [9.17, 15) is 0 Å². The number of hydrogen-bond acceptors (Lipinski definition) is 2. The summed E-state index contributed by atoms with van der Waals surface area (Å²) < 4.78 is 0. The predicted molar refractivity (Wildman–Crippen MR) is 49.5 cm³/mol. The Morgan fingerprint density at radius 3 is 3.40 bits per heavy atom. The Kier molecular flexibility index (Phi) is 2.29. The molecule has 0 nitrogen and oxygen atoms in total. The zero-order chi connectivity index (χ0) is 6.81. The van der Waals surface area contributed by atoms with Gasteiger partial charge in [0.15, 0.2) is 0 Å². The van der Waals surface area contributed by atoms with Crippen molar-refractivity contribution in [3.8, 4) is 0 Å². The van der Waals surface area contributed by atoms with Gasteiger partial charge < -0.3 is 0 Å². The highest BCUT2D eigenvalue weighted by atomic mass is 32.2. The average Bonchev–Trinajstić information content (AvgIpc) is 2.05. The molecule has 0 aromatic rings. The summed E-state index contributed by atoms with van der Waals surface area (Å²) in [6.07, 6.45) is 7.02. The molecule has 0 aromatic carbocycles. The fourth-order valence-corrected chi connectivity index (χ4v) is 4.03. The lowest BCUT2D eigenvalue weighted by molar-refractivity contribution is 0.642. The zero-order valence-corrected chi connectivity index (χ0v) is 7.51. The van der Waals surface area contributed by atoms with Crippen molar-refractivity contribution in [2.24, 2.45) is 5.92 Å². The smallest absolute Gasteiger partial charge is 0.0187 e. The van der Waals surface area contributed by atoms with Crippen LogP contribution in [0.25, 0.3) is 0 Å². The van der Waals surface area contributed by atoms with E-state index in [2.05, 4.69) is 35.7 Å². The van der Waals surface area contributed by atoms with Crippen LogP contribution in [0.3, 0.4) is 0 Å². The van der Waals surface area contributed by atoms with Crippen LogP contribution < -0.4 is 0 Å². The predicted octanol–water partition coefficient (Wildman–Crippen LogP) is 2.21. The molecule has 55 valence electrons. The van der Waals surface area contributed by atoms with Crippen molar-refractivity contribution >= 4 is 23.5 Å². The van der Waals surface area contributed by atoms with Crippen LogP contribution in [0.4, 0.5) is 0 Å². The largest absolute Gasteiger partial charge is 0.161 e. The maximum Gasteiger partial charge on any atom is 0.0187 e. The van der Waals surface area contributed by atoms with E-state index in [1.54, 1.807) is 0 Å². The lowest BCUT2D eigenvalue weighted by Gasteiger charge is -2.30. The molecule has 0 aliphatic carbocycles. The summed E-state index contributed by atoms with van der Waals surface area (Å²) in [6, 6.07) is 0. The van der Waals surface area contributed by atoms with E-state index >= 15 is 0 Å². The molecule has 0 amide bonds. The number of allylic oxidation sites excluding steroid dienone is 1. The van der Waals surface area contributed by atoms with Crippen molar-refractivity contribution in [3.63, 3.8) is 0 Å². The van der Waals surface area contributed by atoms with Crippen molar-refractivity contribution in [1.82, 2.24) is 0 Å². The molecule has 2 heteroatoms. The van der Waals surface area contributed by atoms with Gasteiger partial charge in [-0.25, -0.2) is 0 Å². The van der Waals surface area contributed by atoms with Crippen LogP contribution in [-0.4, -0.2) is 22.5 Å². The van der Waals surface area contributed by atoms with Crippen LogP contribution in [0.5, 0.6) is 0 Å². The lowest BCUT2D eigenvalue weighted by Crippen LogP contribution is -2.25. The fraction of sp³-hybridized carbons (Fsp3) is 0.750. The highest BCUT2D eigenvalue weighted by Crippen LogP contribution is 2.35. The number of rotatable bonds is 0. The Hall–Kier alpha value is 0.440. The molecule has 0 aromatic heterocycles. The maximum absolute atomic E-state index is 3.31. The third-order valence-corrected chi connectivity index (χ3v) is 4.54. The molecule has 2 aliphatic rings. The first-order valence-corrected chi connectivity index (χ1v) is 5.93. The van der Waals surface area contributed by atoms with Crippen molar-refractivity contribution in [3.05, 3.63) is 12.2 Å². The minimum atomic E-state index is 0.845. The highest BCUT2D eigenvalue weighted by Gasteiger charge is 2.25. The summed E-state index contributed by atoms with van der Waals surface area (Å²) >= 11 is 4.19. The second kappa shape index (κ2) is 3.22. The first kappa shape index (κ1) is 7.11. The van der Waals surface area contributed by atoms with Crippen LogP contribution in [0.2, 0.25) is 0 Å². The van der Waals surface area contributed by atoms with Gasteiger partial charge in [0.1, 0.15) is 0 Å². The minimum absolute atomic E-state index is 0.845. The third kappa shape index (κ3) is 1.37. The second-order valence-electron chi connectivity index (χ2n) is 2.75. The molecule has 2 rings (SSSR count). The molecule has 0 saturated carbocycles. The standard InChI is InChI=1S/C8H11S2/c1-2-7-6-9-5-3-8(7)10-4-1/h2,7-8H,3-6H2. The minimum Gasteiger partial charge on any atom is -0.161 e. The van der Waals surface area contributed by atoms with Gasteiger partial charge in [0.2, 0.25) is 0 Å². The molecule has 10 heavy (non-hydrogen) atoms. The van der Waals surface area contributed by atoms with Gasteiger partial charge >= 0.3 is 0 Å². The van der Waals surface area contributed by atoms with Crippen molar-refractivity contribution in [1.29, 1.82) is 0 Å². The van der Waals surface area contributed by atoms with Crippen molar-refractivity contribution in [2.75, 3.05) is 17.3 Å². The summed E-state index contributed by atoms with van der Waals surface area (Å²) in [6.45, 7) is 0. The summed E-state index contributed by atoms with van der Waals surface area (Å²) in [5.74, 6) is 4.69. The number of fused-ring (bicyclic) bond motifs is 1. The quantitative estimate of drug-likeness (QED) is 0.548. The van der Waals surface area contributed by atoms with Gasteiger partial charge in [0.05, 0.1) is 0 Å². The molecule has 1 radical (unpaired) electrons.